The Hall–Kier alpha value is -2.16. The SMILES string of the molecule is O=Cc1c(OC(=O)CC2CCCC2)ccc2ccccc12. The highest BCUT2D eigenvalue weighted by Crippen LogP contribution is 2.30. The van der Waals surface area contributed by atoms with Gasteiger partial charge in [0, 0.05) is 6.42 Å². The van der Waals surface area contributed by atoms with Crippen LogP contribution in [-0.2, 0) is 4.79 Å². The fourth-order valence-electron chi connectivity index (χ4n) is 3.10. The number of hydrogen-bond acceptors (Lipinski definition) is 3. The molecule has 0 radical (unpaired) electrons. The number of rotatable bonds is 4. The second-order valence-electron chi connectivity index (χ2n) is 5.65. The monoisotopic (exact) mass is 282 g/mol. The topological polar surface area (TPSA) is 43.4 Å². The van der Waals surface area contributed by atoms with E-state index in [2.05, 4.69) is 0 Å². The number of ether oxygens (including phenoxy) is 1. The molecule has 0 unspecified atom stereocenters. The number of carbonyl (C=O) groups excluding carboxylic acids is 2. The third kappa shape index (κ3) is 2.97. The second kappa shape index (κ2) is 6.08. The summed E-state index contributed by atoms with van der Waals surface area (Å²) in [4.78, 5) is 23.4. The zero-order valence-electron chi connectivity index (χ0n) is 11.9. The molecule has 1 aliphatic carbocycles. The van der Waals surface area contributed by atoms with Gasteiger partial charge in [-0.1, -0.05) is 43.2 Å². The van der Waals surface area contributed by atoms with Crippen molar-refractivity contribution in [2.24, 2.45) is 5.92 Å². The number of fused-ring (bicyclic) bond motifs is 1. The molecule has 0 heterocycles. The molecular formula is C18H18O3. The first-order valence-corrected chi connectivity index (χ1v) is 7.45. The van der Waals surface area contributed by atoms with Gasteiger partial charge in [-0.2, -0.15) is 0 Å². The van der Waals surface area contributed by atoms with Crippen LogP contribution in [-0.4, -0.2) is 12.3 Å². The molecule has 0 aromatic heterocycles. The highest BCUT2D eigenvalue weighted by Gasteiger charge is 2.20. The number of carbonyl (C=O) groups is 2. The van der Waals surface area contributed by atoms with Crippen LogP contribution in [0.4, 0.5) is 0 Å². The standard InChI is InChI=1S/C18H18O3/c19-12-16-15-8-4-3-7-14(15)9-10-17(16)21-18(20)11-13-5-1-2-6-13/h3-4,7-10,12-13H,1-2,5-6,11H2. The molecule has 0 atom stereocenters. The predicted octanol–water partition coefficient (Wildman–Crippen LogP) is 4.14. The lowest BCUT2D eigenvalue weighted by molar-refractivity contribution is -0.135. The lowest BCUT2D eigenvalue weighted by atomic mass is 10.0. The maximum atomic E-state index is 12.0. The van der Waals surface area contributed by atoms with Gasteiger partial charge < -0.3 is 4.74 Å². The number of hydrogen-bond donors (Lipinski definition) is 0. The molecule has 0 bridgehead atoms. The molecule has 3 nitrogen and oxygen atoms in total. The van der Waals surface area contributed by atoms with Gasteiger partial charge in [0.05, 0.1) is 5.56 Å². The number of aldehydes is 1. The van der Waals surface area contributed by atoms with E-state index < -0.39 is 0 Å². The van der Waals surface area contributed by atoms with Gasteiger partial charge in [-0.15, -0.1) is 0 Å². The van der Waals surface area contributed by atoms with Crippen molar-refractivity contribution in [3.05, 3.63) is 42.0 Å². The Labute approximate surface area is 123 Å². The Morgan fingerprint density at radius 1 is 1.14 bits per heavy atom. The smallest absolute Gasteiger partial charge is 0.311 e. The summed E-state index contributed by atoms with van der Waals surface area (Å²) in [7, 11) is 0. The van der Waals surface area contributed by atoms with E-state index in [1.54, 1.807) is 6.07 Å². The van der Waals surface area contributed by atoms with Crippen molar-refractivity contribution >= 4 is 23.0 Å². The van der Waals surface area contributed by atoms with Crippen molar-refractivity contribution in [3.63, 3.8) is 0 Å². The first kappa shape index (κ1) is 13.8. The minimum absolute atomic E-state index is 0.236. The van der Waals surface area contributed by atoms with Crippen LogP contribution in [0.3, 0.4) is 0 Å². The van der Waals surface area contributed by atoms with Crippen molar-refractivity contribution in [2.45, 2.75) is 32.1 Å². The summed E-state index contributed by atoms with van der Waals surface area (Å²) in [5, 5.41) is 1.79. The summed E-state index contributed by atoms with van der Waals surface area (Å²) in [5.74, 6) is 0.574. The van der Waals surface area contributed by atoms with Crippen LogP contribution >= 0.6 is 0 Å². The summed E-state index contributed by atoms with van der Waals surface area (Å²) in [6.07, 6.45) is 5.83. The second-order valence-corrected chi connectivity index (χ2v) is 5.65. The molecule has 0 spiro atoms. The summed E-state index contributed by atoms with van der Waals surface area (Å²) in [5.41, 5.74) is 0.452. The van der Waals surface area contributed by atoms with Gasteiger partial charge in [0.25, 0.3) is 0 Å². The van der Waals surface area contributed by atoms with E-state index >= 15 is 0 Å². The lowest BCUT2D eigenvalue weighted by Crippen LogP contribution is -2.13. The van der Waals surface area contributed by atoms with Crippen molar-refractivity contribution in [3.8, 4) is 5.75 Å². The number of esters is 1. The molecule has 0 saturated heterocycles. The van der Waals surface area contributed by atoms with E-state index in [1.165, 1.54) is 12.8 Å². The molecule has 2 aromatic rings. The third-order valence-corrected chi connectivity index (χ3v) is 4.20. The summed E-state index contributed by atoms with van der Waals surface area (Å²) in [6.45, 7) is 0. The Bertz CT molecular complexity index is 669. The minimum Gasteiger partial charge on any atom is -0.426 e. The number of benzene rings is 2. The fraction of sp³-hybridized carbons (Fsp3) is 0.333. The molecular weight excluding hydrogens is 264 g/mol. The average molecular weight is 282 g/mol. The van der Waals surface area contributed by atoms with Gasteiger partial charge in [-0.3, -0.25) is 9.59 Å². The quantitative estimate of drug-likeness (QED) is 0.481. The van der Waals surface area contributed by atoms with E-state index in [0.29, 0.717) is 23.7 Å². The predicted molar refractivity (Wildman–Crippen MR) is 81.5 cm³/mol. The Kier molecular flexibility index (Phi) is 4.00. The average Bonchev–Trinajstić information content (AvgIpc) is 2.99. The van der Waals surface area contributed by atoms with E-state index in [9.17, 15) is 9.59 Å². The van der Waals surface area contributed by atoms with E-state index in [4.69, 9.17) is 4.74 Å². The van der Waals surface area contributed by atoms with Crippen molar-refractivity contribution in [1.29, 1.82) is 0 Å². The Morgan fingerprint density at radius 2 is 1.90 bits per heavy atom. The Morgan fingerprint density at radius 3 is 2.67 bits per heavy atom. The molecule has 3 heteroatoms. The van der Waals surface area contributed by atoms with Gasteiger partial charge >= 0.3 is 5.97 Å². The van der Waals surface area contributed by atoms with Crippen LogP contribution in [0, 0.1) is 5.92 Å². The summed E-state index contributed by atoms with van der Waals surface area (Å²) in [6, 6.07) is 11.2. The molecule has 0 aliphatic heterocycles. The van der Waals surface area contributed by atoms with Gasteiger partial charge in [0.15, 0.2) is 6.29 Å². The normalized spacial score (nSPS) is 15.2. The fourth-order valence-corrected chi connectivity index (χ4v) is 3.10. The van der Waals surface area contributed by atoms with Crippen LogP contribution in [0.5, 0.6) is 5.75 Å². The highest BCUT2D eigenvalue weighted by molar-refractivity contribution is 6.01. The molecule has 1 aliphatic rings. The van der Waals surface area contributed by atoms with Crippen LogP contribution < -0.4 is 4.74 Å². The molecule has 3 rings (SSSR count). The zero-order chi connectivity index (χ0) is 14.7. The van der Waals surface area contributed by atoms with E-state index in [-0.39, 0.29) is 5.97 Å². The first-order chi connectivity index (χ1) is 10.3. The maximum Gasteiger partial charge on any atom is 0.311 e. The molecule has 108 valence electrons. The largest absolute Gasteiger partial charge is 0.426 e. The van der Waals surface area contributed by atoms with Crippen molar-refractivity contribution in [1.82, 2.24) is 0 Å². The minimum atomic E-state index is -0.236. The molecule has 1 fully saturated rings. The van der Waals surface area contributed by atoms with E-state index in [0.717, 1.165) is 29.9 Å². The third-order valence-electron chi connectivity index (χ3n) is 4.20. The first-order valence-electron chi connectivity index (χ1n) is 7.45. The van der Waals surface area contributed by atoms with Crippen LogP contribution in [0.15, 0.2) is 36.4 Å². The highest BCUT2D eigenvalue weighted by atomic mass is 16.5. The summed E-state index contributed by atoms with van der Waals surface area (Å²) >= 11 is 0. The zero-order valence-corrected chi connectivity index (χ0v) is 11.9. The molecule has 1 saturated carbocycles. The van der Waals surface area contributed by atoms with Gasteiger partial charge in [0.1, 0.15) is 5.75 Å². The molecule has 21 heavy (non-hydrogen) atoms. The van der Waals surface area contributed by atoms with Crippen LogP contribution in [0.1, 0.15) is 42.5 Å². The molecule has 2 aromatic carbocycles. The van der Waals surface area contributed by atoms with Gasteiger partial charge in [0.2, 0.25) is 0 Å². The maximum absolute atomic E-state index is 12.0. The molecule has 0 amide bonds. The van der Waals surface area contributed by atoms with Crippen molar-refractivity contribution < 1.29 is 14.3 Å². The van der Waals surface area contributed by atoms with E-state index in [1.807, 2.05) is 30.3 Å². The summed E-state index contributed by atoms with van der Waals surface area (Å²) < 4.78 is 5.44. The van der Waals surface area contributed by atoms with Gasteiger partial charge in [-0.05, 0) is 35.6 Å². The Balaban J connectivity index is 1.82. The van der Waals surface area contributed by atoms with Crippen LogP contribution in [0.2, 0.25) is 0 Å². The van der Waals surface area contributed by atoms with Crippen LogP contribution in [0.25, 0.3) is 10.8 Å². The lowest BCUT2D eigenvalue weighted by Gasteiger charge is -2.11. The molecule has 0 N–H and O–H groups in total. The van der Waals surface area contributed by atoms with Gasteiger partial charge in [-0.25, -0.2) is 0 Å². The van der Waals surface area contributed by atoms with Crippen molar-refractivity contribution in [2.75, 3.05) is 0 Å².